The monoisotopic (exact) mass is 407 g/mol. The Kier molecular flexibility index (Phi) is 6.13. The van der Waals surface area contributed by atoms with Gasteiger partial charge in [-0.15, -0.1) is 0 Å². The lowest BCUT2D eigenvalue weighted by atomic mass is 10.2. The van der Waals surface area contributed by atoms with Crippen LogP contribution in [0.5, 0.6) is 0 Å². The summed E-state index contributed by atoms with van der Waals surface area (Å²) in [6.07, 6.45) is 0. The molecule has 0 fully saturated rings. The molecule has 0 bridgehead atoms. The van der Waals surface area contributed by atoms with Crippen molar-refractivity contribution in [2.24, 2.45) is 0 Å². The number of thioether (sulfide) groups is 1. The topological polar surface area (TPSA) is 54.3 Å². The maximum atomic E-state index is 12.9. The zero-order valence-electron chi connectivity index (χ0n) is 17.3. The van der Waals surface area contributed by atoms with Crippen molar-refractivity contribution in [3.63, 3.8) is 0 Å². The lowest BCUT2D eigenvalue weighted by molar-refractivity contribution is 0.102. The van der Waals surface area contributed by atoms with E-state index in [1.54, 1.807) is 14.1 Å². The van der Waals surface area contributed by atoms with Crippen LogP contribution < -0.4 is 5.32 Å². The number of nitrogens with one attached hydrogen (secondary N) is 1. The van der Waals surface area contributed by atoms with Crippen molar-refractivity contribution in [3.05, 3.63) is 77.1 Å². The van der Waals surface area contributed by atoms with Gasteiger partial charge in [0.1, 0.15) is 0 Å². The van der Waals surface area contributed by atoms with Gasteiger partial charge < -0.3 is 14.8 Å². The first kappa shape index (κ1) is 20.7. The third-order valence-electron chi connectivity index (χ3n) is 4.62. The van der Waals surface area contributed by atoms with E-state index in [9.17, 15) is 9.59 Å². The van der Waals surface area contributed by atoms with Crippen molar-refractivity contribution >= 4 is 28.6 Å². The van der Waals surface area contributed by atoms with E-state index in [-0.39, 0.29) is 11.1 Å². The Labute approximate surface area is 175 Å². The Hall–Kier alpha value is -2.99. The molecule has 0 spiro atoms. The second-order valence-electron chi connectivity index (χ2n) is 7.20. The fourth-order valence-corrected chi connectivity index (χ4v) is 3.81. The van der Waals surface area contributed by atoms with Gasteiger partial charge in [0.25, 0.3) is 11.1 Å². The van der Waals surface area contributed by atoms with E-state index < -0.39 is 0 Å². The number of anilines is 1. The lowest BCUT2D eigenvalue weighted by Crippen LogP contribution is -2.16. The maximum absolute atomic E-state index is 12.9. The summed E-state index contributed by atoms with van der Waals surface area (Å²) in [5.41, 5.74) is 5.46. The number of carbonyl (C=O) groups excluding carboxylic acids is 2. The fraction of sp³-hybridized carbons (Fsp3) is 0.217. The van der Waals surface area contributed by atoms with Crippen LogP contribution in [0, 0.1) is 20.8 Å². The molecule has 0 unspecified atom stereocenters. The number of aromatic nitrogens is 1. The molecular formula is C23H25N3O2S. The Bertz CT molecular complexity index is 1050. The predicted octanol–water partition coefficient (Wildman–Crippen LogP) is 5.43. The number of aryl methyl sites for hydroxylation is 2. The SMILES string of the molecule is Cc1cccc(-n2c(C)cc(C(=O)Nc3ccc(SC(=O)N(C)C)cc3)c2C)c1. The van der Waals surface area contributed by atoms with E-state index in [2.05, 4.69) is 28.9 Å². The number of amides is 2. The average Bonchev–Trinajstić information content (AvgIpc) is 2.97. The molecule has 2 amide bonds. The van der Waals surface area contributed by atoms with Crippen LogP contribution in [0.15, 0.2) is 59.5 Å². The van der Waals surface area contributed by atoms with E-state index in [0.29, 0.717) is 11.3 Å². The molecule has 0 aliphatic heterocycles. The van der Waals surface area contributed by atoms with Gasteiger partial charge in [-0.3, -0.25) is 9.59 Å². The summed E-state index contributed by atoms with van der Waals surface area (Å²) in [7, 11) is 3.44. The first-order valence-corrected chi connectivity index (χ1v) is 10.1. The highest BCUT2D eigenvalue weighted by atomic mass is 32.2. The summed E-state index contributed by atoms with van der Waals surface area (Å²) in [6.45, 7) is 6.01. The lowest BCUT2D eigenvalue weighted by Gasteiger charge is -2.11. The molecule has 2 aromatic carbocycles. The highest BCUT2D eigenvalue weighted by Gasteiger charge is 2.17. The summed E-state index contributed by atoms with van der Waals surface area (Å²) in [4.78, 5) is 27.0. The molecule has 29 heavy (non-hydrogen) atoms. The summed E-state index contributed by atoms with van der Waals surface area (Å²) < 4.78 is 2.09. The van der Waals surface area contributed by atoms with Crippen LogP contribution in [-0.2, 0) is 0 Å². The van der Waals surface area contributed by atoms with Gasteiger partial charge in [0.15, 0.2) is 0 Å². The molecule has 0 saturated heterocycles. The summed E-state index contributed by atoms with van der Waals surface area (Å²) in [5, 5.41) is 2.91. The van der Waals surface area contributed by atoms with Crippen molar-refractivity contribution < 1.29 is 9.59 Å². The van der Waals surface area contributed by atoms with Gasteiger partial charge >= 0.3 is 0 Å². The van der Waals surface area contributed by atoms with E-state index in [4.69, 9.17) is 0 Å². The van der Waals surface area contributed by atoms with E-state index in [0.717, 1.165) is 33.7 Å². The highest BCUT2D eigenvalue weighted by Crippen LogP contribution is 2.25. The van der Waals surface area contributed by atoms with Gasteiger partial charge in [0.2, 0.25) is 0 Å². The molecule has 0 aliphatic carbocycles. The molecule has 0 atom stereocenters. The van der Waals surface area contributed by atoms with Crippen molar-refractivity contribution in [2.45, 2.75) is 25.7 Å². The second-order valence-corrected chi connectivity index (χ2v) is 8.22. The highest BCUT2D eigenvalue weighted by molar-refractivity contribution is 8.13. The van der Waals surface area contributed by atoms with Gasteiger partial charge in [-0.2, -0.15) is 0 Å². The number of hydrogen-bond acceptors (Lipinski definition) is 3. The normalized spacial score (nSPS) is 10.7. The molecule has 6 heteroatoms. The van der Waals surface area contributed by atoms with E-state index in [1.807, 2.05) is 56.3 Å². The maximum Gasteiger partial charge on any atom is 0.285 e. The van der Waals surface area contributed by atoms with Crippen molar-refractivity contribution in [1.82, 2.24) is 9.47 Å². The minimum Gasteiger partial charge on any atom is -0.339 e. The molecule has 1 heterocycles. The minimum absolute atomic E-state index is 0.0367. The molecule has 0 saturated carbocycles. The fourth-order valence-electron chi connectivity index (χ4n) is 3.15. The third-order valence-corrected chi connectivity index (χ3v) is 5.67. The van der Waals surface area contributed by atoms with Gasteiger partial charge in [-0.05, 0) is 80.6 Å². The minimum atomic E-state index is -0.151. The number of hydrogen-bond donors (Lipinski definition) is 1. The molecule has 5 nitrogen and oxygen atoms in total. The van der Waals surface area contributed by atoms with Crippen LogP contribution in [0.1, 0.15) is 27.3 Å². The number of benzene rings is 2. The summed E-state index contributed by atoms with van der Waals surface area (Å²) in [6, 6.07) is 17.4. The molecule has 1 N–H and O–H groups in total. The standard InChI is InChI=1S/C23H25N3O2S/c1-15-7-6-8-19(13-15)26-16(2)14-21(17(26)3)22(27)24-18-9-11-20(12-10-18)29-23(28)25(4)5/h6-14H,1-5H3,(H,24,27). The first-order chi connectivity index (χ1) is 13.8. The molecule has 1 aromatic heterocycles. The third kappa shape index (κ3) is 4.71. The Morgan fingerprint density at radius 1 is 0.966 bits per heavy atom. The van der Waals surface area contributed by atoms with Crippen LogP contribution in [0.25, 0.3) is 5.69 Å². The summed E-state index contributed by atoms with van der Waals surface area (Å²) >= 11 is 1.15. The molecular weight excluding hydrogens is 382 g/mol. The molecule has 0 radical (unpaired) electrons. The smallest absolute Gasteiger partial charge is 0.285 e. The molecule has 0 aliphatic rings. The largest absolute Gasteiger partial charge is 0.339 e. The van der Waals surface area contributed by atoms with Crippen LogP contribution in [-0.4, -0.2) is 34.7 Å². The Morgan fingerprint density at radius 3 is 2.28 bits per heavy atom. The zero-order valence-corrected chi connectivity index (χ0v) is 18.1. The van der Waals surface area contributed by atoms with Gasteiger partial charge in [-0.25, -0.2) is 0 Å². The van der Waals surface area contributed by atoms with Crippen molar-refractivity contribution in [2.75, 3.05) is 19.4 Å². The molecule has 150 valence electrons. The van der Waals surface area contributed by atoms with Crippen LogP contribution >= 0.6 is 11.8 Å². The van der Waals surface area contributed by atoms with Gasteiger partial charge in [-0.1, -0.05) is 12.1 Å². The molecule has 3 rings (SSSR count). The van der Waals surface area contributed by atoms with E-state index >= 15 is 0 Å². The van der Waals surface area contributed by atoms with Crippen molar-refractivity contribution in [1.29, 1.82) is 0 Å². The number of rotatable bonds is 4. The number of carbonyl (C=O) groups is 2. The van der Waals surface area contributed by atoms with Gasteiger partial charge in [0.05, 0.1) is 5.56 Å². The van der Waals surface area contributed by atoms with E-state index in [1.165, 1.54) is 10.5 Å². The number of nitrogens with zero attached hydrogens (tertiary/aromatic N) is 2. The van der Waals surface area contributed by atoms with Crippen LogP contribution in [0.3, 0.4) is 0 Å². The summed E-state index contributed by atoms with van der Waals surface area (Å²) in [5.74, 6) is -0.151. The first-order valence-electron chi connectivity index (χ1n) is 9.33. The Morgan fingerprint density at radius 2 is 1.66 bits per heavy atom. The van der Waals surface area contributed by atoms with Gasteiger partial charge in [0, 0.05) is 41.8 Å². The van der Waals surface area contributed by atoms with Crippen molar-refractivity contribution in [3.8, 4) is 5.69 Å². The second kappa shape index (κ2) is 8.57. The Balaban J connectivity index is 1.78. The quantitative estimate of drug-likeness (QED) is 0.587. The predicted molar refractivity (Wildman–Crippen MR) is 119 cm³/mol. The zero-order chi connectivity index (χ0) is 21.1. The van der Waals surface area contributed by atoms with Crippen LogP contribution in [0.2, 0.25) is 0 Å². The average molecular weight is 408 g/mol. The molecule has 3 aromatic rings. The van der Waals surface area contributed by atoms with Crippen LogP contribution in [0.4, 0.5) is 10.5 Å².